The molecule has 0 aliphatic carbocycles. The summed E-state index contributed by atoms with van der Waals surface area (Å²) >= 11 is 0. The van der Waals surface area contributed by atoms with Crippen LogP contribution >= 0.6 is 7.14 Å². The predicted octanol–water partition coefficient (Wildman–Crippen LogP) is 10.4. The van der Waals surface area contributed by atoms with Gasteiger partial charge in [-0.05, 0) is 43.9 Å². The summed E-state index contributed by atoms with van der Waals surface area (Å²) in [6, 6.07) is 20.0. The zero-order valence-electron chi connectivity index (χ0n) is 26.4. The summed E-state index contributed by atoms with van der Waals surface area (Å²) in [5.74, 6) is 0.0800. The number of carbonyl (C=O) groups is 2. The van der Waals surface area contributed by atoms with Crippen molar-refractivity contribution in [2.24, 2.45) is 0 Å². The third-order valence-electron chi connectivity index (χ3n) is 8.50. The Labute approximate surface area is 254 Å². The van der Waals surface area contributed by atoms with E-state index >= 15 is 0 Å². The summed E-state index contributed by atoms with van der Waals surface area (Å²) < 4.78 is 14.8. The van der Waals surface area contributed by atoms with Gasteiger partial charge in [0, 0.05) is 28.2 Å². The van der Waals surface area contributed by atoms with Gasteiger partial charge in [-0.15, -0.1) is 0 Å². The number of rotatable bonds is 19. The minimum atomic E-state index is -3.66. The molecule has 0 bridgehead atoms. The molecule has 0 fully saturated rings. The van der Waals surface area contributed by atoms with Gasteiger partial charge in [-0.25, -0.2) is 0 Å². The van der Waals surface area contributed by atoms with E-state index in [1.165, 1.54) is 64.2 Å². The molecule has 4 heteroatoms. The van der Waals surface area contributed by atoms with E-state index in [0.717, 1.165) is 30.4 Å². The van der Waals surface area contributed by atoms with Crippen molar-refractivity contribution in [3.63, 3.8) is 0 Å². The first-order chi connectivity index (χ1) is 20.3. The molecule has 3 aromatic rings. The van der Waals surface area contributed by atoms with Crippen LogP contribution in [0.5, 0.6) is 0 Å². The summed E-state index contributed by atoms with van der Waals surface area (Å²) in [5.41, 5.74) is 2.95. The number of unbranched alkanes of at least 4 members (excludes halogenated alkanes) is 12. The normalized spacial score (nSPS) is 11.5. The zero-order chi connectivity index (χ0) is 30.4. The molecule has 0 amide bonds. The molecular formula is C38H51O3P. The highest BCUT2D eigenvalue weighted by Gasteiger charge is 2.38. The molecule has 42 heavy (non-hydrogen) atoms. The number of aryl methyl sites for hydroxylation is 2. The number of carbonyl (C=O) groups excluding carboxylic acids is 2. The fourth-order valence-electron chi connectivity index (χ4n) is 6.19. The van der Waals surface area contributed by atoms with E-state index < -0.39 is 12.7 Å². The Balaban J connectivity index is 1.64. The lowest BCUT2D eigenvalue weighted by molar-refractivity contribution is 0.0978. The fraction of sp³-hybridized carbons (Fsp3) is 0.474. The van der Waals surface area contributed by atoms with Crippen LogP contribution in [0.25, 0.3) is 0 Å². The smallest absolute Gasteiger partial charge is 0.230 e. The Bertz CT molecular complexity index is 1280. The van der Waals surface area contributed by atoms with Gasteiger partial charge >= 0.3 is 0 Å². The van der Waals surface area contributed by atoms with Crippen molar-refractivity contribution in [1.29, 1.82) is 0 Å². The summed E-state index contributed by atoms with van der Waals surface area (Å²) in [4.78, 5) is 27.8. The van der Waals surface area contributed by atoms with E-state index in [1.54, 1.807) is 24.3 Å². The highest BCUT2D eigenvalue weighted by atomic mass is 31.2. The van der Waals surface area contributed by atoms with Crippen LogP contribution in [0.4, 0.5) is 0 Å². The van der Waals surface area contributed by atoms with Gasteiger partial charge in [0.15, 0.2) is 5.78 Å². The molecule has 3 nitrogen and oxygen atoms in total. The second-order valence-electron chi connectivity index (χ2n) is 11.9. The quantitative estimate of drug-likeness (QED) is 0.0798. The Hall–Kier alpha value is -2.77. The Morgan fingerprint density at radius 1 is 0.571 bits per heavy atom. The van der Waals surface area contributed by atoms with Gasteiger partial charge in [0.2, 0.25) is 12.7 Å². The molecule has 0 saturated carbocycles. The lowest BCUT2D eigenvalue weighted by Gasteiger charge is -2.22. The van der Waals surface area contributed by atoms with Gasteiger partial charge in [-0.3, -0.25) is 9.59 Å². The molecule has 0 aliphatic rings. The van der Waals surface area contributed by atoms with Crippen LogP contribution < -0.4 is 10.6 Å². The van der Waals surface area contributed by atoms with Gasteiger partial charge in [0.1, 0.15) is 0 Å². The molecule has 0 atom stereocenters. The second kappa shape index (κ2) is 17.4. The van der Waals surface area contributed by atoms with Crippen molar-refractivity contribution in [3.05, 3.63) is 94.5 Å². The van der Waals surface area contributed by atoms with Crippen molar-refractivity contribution in [2.75, 3.05) is 0 Å². The Kier molecular flexibility index (Phi) is 14.0. The molecular weight excluding hydrogens is 535 g/mol. The highest BCUT2D eigenvalue weighted by Crippen LogP contribution is 2.48. The van der Waals surface area contributed by atoms with Crippen LogP contribution in [0, 0.1) is 20.8 Å². The van der Waals surface area contributed by atoms with Crippen LogP contribution in [-0.2, 0) is 4.57 Å². The van der Waals surface area contributed by atoms with Crippen molar-refractivity contribution in [3.8, 4) is 0 Å². The van der Waals surface area contributed by atoms with Crippen LogP contribution in [0.1, 0.15) is 134 Å². The largest absolute Gasteiger partial charge is 0.305 e. The van der Waals surface area contributed by atoms with Gasteiger partial charge in [0.25, 0.3) is 0 Å². The second-order valence-corrected chi connectivity index (χ2v) is 14.5. The molecule has 0 spiro atoms. The van der Waals surface area contributed by atoms with E-state index in [-0.39, 0.29) is 5.78 Å². The molecule has 226 valence electrons. The van der Waals surface area contributed by atoms with Gasteiger partial charge in [0.05, 0.1) is 0 Å². The van der Waals surface area contributed by atoms with Gasteiger partial charge in [-0.2, -0.15) is 0 Å². The molecule has 0 aromatic heterocycles. The lowest BCUT2D eigenvalue weighted by Crippen LogP contribution is -2.24. The average molecular weight is 587 g/mol. The van der Waals surface area contributed by atoms with Crippen molar-refractivity contribution in [1.82, 2.24) is 0 Å². The topological polar surface area (TPSA) is 51.2 Å². The molecule has 0 unspecified atom stereocenters. The molecule has 3 aromatic carbocycles. The lowest BCUT2D eigenvalue weighted by atomic mass is 9.90. The van der Waals surface area contributed by atoms with Crippen molar-refractivity contribution < 1.29 is 14.2 Å². The van der Waals surface area contributed by atoms with Gasteiger partial charge in [-0.1, -0.05) is 151 Å². The van der Waals surface area contributed by atoms with Crippen LogP contribution in [0.2, 0.25) is 0 Å². The predicted molar refractivity (Wildman–Crippen MR) is 179 cm³/mol. The maximum Gasteiger partial charge on any atom is 0.230 e. The summed E-state index contributed by atoms with van der Waals surface area (Å²) in [7, 11) is -3.66. The Morgan fingerprint density at radius 3 is 1.43 bits per heavy atom. The molecule has 0 aliphatic heterocycles. The van der Waals surface area contributed by atoms with Crippen LogP contribution in [0.3, 0.4) is 0 Å². The fourth-order valence-corrected chi connectivity index (χ4v) is 8.80. The maximum absolute atomic E-state index is 14.8. The Morgan fingerprint density at radius 2 is 0.976 bits per heavy atom. The average Bonchev–Trinajstić information content (AvgIpc) is 2.99. The monoisotopic (exact) mass is 586 g/mol. The number of Topliss-reactive ketones (excluding diaryl/α,β-unsaturated/α-hetero) is 1. The molecule has 0 N–H and O–H groups in total. The van der Waals surface area contributed by atoms with Crippen molar-refractivity contribution in [2.45, 2.75) is 118 Å². The maximum atomic E-state index is 14.8. The number of hydrogen-bond donors (Lipinski definition) is 0. The van der Waals surface area contributed by atoms with E-state index in [4.69, 9.17) is 0 Å². The molecule has 0 radical (unpaired) electrons. The minimum absolute atomic E-state index is 0.0800. The number of ketones is 1. The first-order valence-electron chi connectivity index (χ1n) is 16.2. The minimum Gasteiger partial charge on any atom is -0.305 e. The third kappa shape index (κ3) is 8.87. The summed E-state index contributed by atoms with van der Waals surface area (Å²) in [6.07, 6.45) is 16.9. The number of hydrogen-bond acceptors (Lipinski definition) is 3. The van der Waals surface area contributed by atoms with E-state index in [9.17, 15) is 14.2 Å². The molecule has 0 heterocycles. The van der Waals surface area contributed by atoms with E-state index in [0.29, 0.717) is 33.7 Å². The van der Waals surface area contributed by atoms with E-state index in [1.807, 2.05) is 63.2 Å². The summed E-state index contributed by atoms with van der Waals surface area (Å²) in [6.45, 7) is 7.94. The van der Waals surface area contributed by atoms with Crippen LogP contribution in [0.15, 0.2) is 66.7 Å². The first-order valence-corrected chi connectivity index (χ1v) is 17.9. The SMILES string of the molecule is CCCCCCCCCCCCCCCC(=O)c1c(C)cc(C)c(C(=O)P(=O)(c2ccccc2)c2ccccc2)c1C. The first kappa shape index (κ1) is 33.7. The molecule has 3 rings (SSSR count). The van der Waals surface area contributed by atoms with Gasteiger partial charge < -0.3 is 4.57 Å². The third-order valence-corrected chi connectivity index (χ3v) is 11.3. The standard InChI is InChI=1S/C38H51O3P/c1-5-6-7-8-9-10-11-12-13-14-15-16-23-28-35(39)36-30(2)29-31(3)37(32(36)4)38(40)42(41,33-24-19-17-20-25-33)34-26-21-18-22-27-34/h17-22,24-27,29H,5-16,23,28H2,1-4H3. The summed E-state index contributed by atoms with van der Waals surface area (Å²) in [5, 5.41) is 1.03. The van der Waals surface area contributed by atoms with E-state index in [2.05, 4.69) is 6.92 Å². The molecule has 0 saturated heterocycles. The highest BCUT2D eigenvalue weighted by molar-refractivity contribution is 7.93. The zero-order valence-corrected chi connectivity index (χ0v) is 27.3. The van der Waals surface area contributed by atoms with Crippen LogP contribution in [-0.4, -0.2) is 11.3 Å². The van der Waals surface area contributed by atoms with Crippen molar-refractivity contribution >= 4 is 29.1 Å². The number of benzene rings is 3.